The van der Waals surface area contributed by atoms with Gasteiger partial charge in [-0.15, -0.1) is 11.3 Å². The van der Waals surface area contributed by atoms with Crippen LogP contribution in [0.1, 0.15) is 52.7 Å². The number of thiophene rings is 1. The number of hydrogen-bond acceptors (Lipinski definition) is 3. The van der Waals surface area contributed by atoms with Gasteiger partial charge in [0, 0.05) is 33.1 Å². The molecule has 3 heterocycles. The van der Waals surface area contributed by atoms with Gasteiger partial charge in [0.15, 0.2) is 0 Å². The molecule has 33 heavy (non-hydrogen) atoms. The number of nitrogens with zero attached hydrogens (tertiary/aromatic N) is 1. The summed E-state index contributed by atoms with van der Waals surface area (Å²) in [4.78, 5) is 33.6. The lowest BCUT2D eigenvalue weighted by Crippen LogP contribution is -2.51. The van der Waals surface area contributed by atoms with Gasteiger partial charge >= 0.3 is 0 Å². The van der Waals surface area contributed by atoms with E-state index in [-0.39, 0.29) is 23.8 Å². The van der Waals surface area contributed by atoms with E-state index >= 15 is 0 Å². The van der Waals surface area contributed by atoms with Crippen LogP contribution in [-0.4, -0.2) is 27.7 Å². The normalized spacial score (nSPS) is 17.2. The summed E-state index contributed by atoms with van der Waals surface area (Å²) in [7, 11) is 0. The van der Waals surface area contributed by atoms with E-state index in [0.717, 1.165) is 33.3 Å². The molecule has 3 unspecified atom stereocenters. The third-order valence-electron chi connectivity index (χ3n) is 6.68. The second kappa shape index (κ2) is 8.87. The van der Waals surface area contributed by atoms with E-state index in [4.69, 9.17) is 0 Å². The summed E-state index contributed by atoms with van der Waals surface area (Å²) in [6.07, 6.45) is 2.77. The first-order chi connectivity index (χ1) is 16.1. The monoisotopic (exact) mass is 457 g/mol. The summed E-state index contributed by atoms with van der Waals surface area (Å²) in [5.41, 5.74) is 3.66. The van der Waals surface area contributed by atoms with Gasteiger partial charge in [-0.25, -0.2) is 0 Å². The minimum atomic E-state index is -0.575. The van der Waals surface area contributed by atoms with Crippen LogP contribution in [0.3, 0.4) is 0 Å². The zero-order valence-electron chi connectivity index (χ0n) is 18.7. The molecule has 2 aromatic carbocycles. The molecule has 5 rings (SSSR count). The van der Waals surface area contributed by atoms with E-state index in [9.17, 15) is 9.59 Å². The number of aromatic nitrogens is 1. The number of carbonyl (C=O) groups is 2. The molecule has 0 saturated carbocycles. The Morgan fingerprint density at radius 2 is 1.88 bits per heavy atom. The van der Waals surface area contributed by atoms with Crippen LogP contribution in [0, 0.1) is 5.92 Å². The van der Waals surface area contributed by atoms with Crippen molar-refractivity contribution >= 4 is 34.1 Å². The number of rotatable bonds is 7. The summed E-state index contributed by atoms with van der Waals surface area (Å²) < 4.78 is 0. The lowest BCUT2D eigenvalue weighted by molar-refractivity contribution is -0.128. The summed E-state index contributed by atoms with van der Waals surface area (Å²) in [5.74, 6) is -0.194. The van der Waals surface area contributed by atoms with E-state index < -0.39 is 6.04 Å². The fourth-order valence-corrected chi connectivity index (χ4v) is 5.48. The highest BCUT2D eigenvalue weighted by Crippen LogP contribution is 2.43. The van der Waals surface area contributed by atoms with E-state index in [1.807, 2.05) is 71.1 Å². The number of nitrogens with one attached hydrogen (secondary N) is 2. The lowest BCUT2D eigenvalue weighted by atomic mass is 9.92. The first kappa shape index (κ1) is 21.5. The number of amides is 2. The number of benzene rings is 2. The summed E-state index contributed by atoms with van der Waals surface area (Å²) in [5, 5.41) is 6.17. The second-order valence-corrected chi connectivity index (χ2v) is 9.65. The maximum Gasteiger partial charge on any atom is 0.255 e. The van der Waals surface area contributed by atoms with Crippen molar-refractivity contribution < 1.29 is 9.59 Å². The molecule has 0 saturated heterocycles. The largest absolute Gasteiger partial charge is 0.361 e. The van der Waals surface area contributed by atoms with E-state index in [0.29, 0.717) is 12.1 Å². The van der Waals surface area contributed by atoms with Crippen LogP contribution < -0.4 is 5.32 Å². The van der Waals surface area contributed by atoms with Gasteiger partial charge in [-0.05, 0) is 35.1 Å². The van der Waals surface area contributed by atoms with Crippen molar-refractivity contribution in [2.24, 2.45) is 5.92 Å². The molecule has 1 aliphatic rings. The quantitative estimate of drug-likeness (QED) is 0.385. The molecule has 0 fully saturated rings. The molecule has 2 aromatic heterocycles. The molecule has 3 atom stereocenters. The van der Waals surface area contributed by atoms with Crippen molar-refractivity contribution in [3.05, 3.63) is 93.8 Å². The summed E-state index contributed by atoms with van der Waals surface area (Å²) in [6, 6.07) is 18.9. The third-order valence-corrected chi connectivity index (χ3v) is 7.56. The Kier molecular flexibility index (Phi) is 5.77. The van der Waals surface area contributed by atoms with Crippen molar-refractivity contribution in [3.63, 3.8) is 0 Å². The molecule has 0 bridgehead atoms. The number of fused-ring (bicyclic) bond motifs is 2. The van der Waals surface area contributed by atoms with Crippen molar-refractivity contribution in [1.29, 1.82) is 0 Å². The van der Waals surface area contributed by atoms with Gasteiger partial charge in [0.2, 0.25) is 5.91 Å². The van der Waals surface area contributed by atoms with Crippen molar-refractivity contribution in [3.8, 4) is 0 Å². The van der Waals surface area contributed by atoms with Gasteiger partial charge in [-0.1, -0.05) is 62.7 Å². The fourth-order valence-electron chi connectivity index (χ4n) is 4.84. The fraction of sp³-hybridized carbons (Fsp3) is 0.259. The SMILES string of the molecule is CCC(C)C(C(=O)NCc1cccs1)N1C(=O)c2ccccc2C1c1c[nH]c2ccccc12. The molecule has 6 heteroatoms. The standard InChI is InChI=1S/C27H27N3O2S/c1-3-17(2)24(26(31)29-15-18-9-8-14-33-18)30-25(20-11-4-5-12-21(20)27(30)32)22-16-28-23-13-7-6-10-19(22)23/h4-14,16-17,24-25,28H,3,15H2,1-2H3,(H,29,31). The predicted octanol–water partition coefficient (Wildman–Crippen LogP) is 5.51. The highest BCUT2D eigenvalue weighted by Gasteiger charge is 2.46. The molecule has 5 nitrogen and oxygen atoms in total. The Morgan fingerprint density at radius 3 is 2.67 bits per heavy atom. The van der Waals surface area contributed by atoms with Crippen LogP contribution in [0.4, 0.5) is 0 Å². The molecular weight excluding hydrogens is 430 g/mol. The zero-order chi connectivity index (χ0) is 22.9. The number of carbonyl (C=O) groups excluding carboxylic acids is 2. The molecule has 2 amide bonds. The van der Waals surface area contributed by atoms with Crippen LogP contribution in [-0.2, 0) is 11.3 Å². The number of para-hydroxylation sites is 1. The van der Waals surface area contributed by atoms with E-state index in [1.165, 1.54) is 0 Å². The average Bonchev–Trinajstić information content (AvgIpc) is 3.57. The van der Waals surface area contributed by atoms with Gasteiger partial charge in [0.05, 0.1) is 12.6 Å². The number of H-pyrrole nitrogens is 1. The molecule has 2 N–H and O–H groups in total. The highest BCUT2D eigenvalue weighted by molar-refractivity contribution is 7.09. The van der Waals surface area contributed by atoms with Gasteiger partial charge < -0.3 is 15.2 Å². The smallest absolute Gasteiger partial charge is 0.255 e. The van der Waals surface area contributed by atoms with Crippen LogP contribution >= 0.6 is 11.3 Å². The predicted molar refractivity (Wildman–Crippen MR) is 132 cm³/mol. The van der Waals surface area contributed by atoms with E-state index in [1.54, 1.807) is 11.3 Å². The molecular formula is C27H27N3O2S. The first-order valence-electron chi connectivity index (χ1n) is 11.4. The second-order valence-electron chi connectivity index (χ2n) is 8.62. The minimum Gasteiger partial charge on any atom is -0.361 e. The third kappa shape index (κ3) is 3.74. The molecule has 0 spiro atoms. The maximum absolute atomic E-state index is 13.8. The van der Waals surface area contributed by atoms with Crippen LogP contribution in [0.5, 0.6) is 0 Å². The highest BCUT2D eigenvalue weighted by atomic mass is 32.1. The molecule has 0 radical (unpaired) electrons. The van der Waals surface area contributed by atoms with Gasteiger partial charge in [0.25, 0.3) is 5.91 Å². The Balaban J connectivity index is 1.59. The van der Waals surface area contributed by atoms with E-state index in [2.05, 4.69) is 30.2 Å². The van der Waals surface area contributed by atoms with Gasteiger partial charge in [-0.2, -0.15) is 0 Å². The number of aromatic amines is 1. The van der Waals surface area contributed by atoms with Gasteiger partial charge in [-0.3, -0.25) is 9.59 Å². The molecule has 168 valence electrons. The zero-order valence-corrected chi connectivity index (χ0v) is 19.6. The summed E-state index contributed by atoms with van der Waals surface area (Å²) in [6.45, 7) is 4.59. The Labute approximate surface area is 197 Å². The van der Waals surface area contributed by atoms with Crippen molar-refractivity contribution in [2.75, 3.05) is 0 Å². The van der Waals surface area contributed by atoms with Crippen LogP contribution in [0.2, 0.25) is 0 Å². The van der Waals surface area contributed by atoms with Gasteiger partial charge in [0.1, 0.15) is 6.04 Å². The molecule has 0 aliphatic carbocycles. The van der Waals surface area contributed by atoms with Crippen molar-refractivity contribution in [2.45, 2.75) is 38.9 Å². The van der Waals surface area contributed by atoms with Crippen LogP contribution in [0.15, 0.2) is 72.2 Å². The van der Waals surface area contributed by atoms with Crippen LogP contribution in [0.25, 0.3) is 10.9 Å². The van der Waals surface area contributed by atoms with Crippen molar-refractivity contribution in [1.82, 2.24) is 15.2 Å². The lowest BCUT2D eigenvalue weighted by Gasteiger charge is -2.36. The minimum absolute atomic E-state index is 0.000644. The molecule has 1 aliphatic heterocycles. The topological polar surface area (TPSA) is 65.2 Å². The average molecular weight is 458 g/mol. The Bertz CT molecular complexity index is 1290. The maximum atomic E-state index is 13.8. The summed E-state index contributed by atoms with van der Waals surface area (Å²) >= 11 is 1.61. The first-order valence-corrected chi connectivity index (χ1v) is 12.3. The Hall–Kier alpha value is -3.38. The Morgan fingerprint density at radius 1 is 1.09 bits per heavy atom. The molecule has 4 aromatic rings. The number of hydrogen-bond donors (Lipinski definition) is 2.